The van der Waals surface area contributed by atoms with Gasteiger partial charge in [0, 0.05) is 12.5 Å². The molecule has 0 radical (unpaired) electrons. The zero-order valence-electron chi connectivity index (χ0n) is 9.96. The second-order valence-electron chi connectivity index (χ2n) is 4.54. The lowest BCUT2D eigenvalue weighted by atomic mass is 9.89. The van der Waals surface area contributed by atoms with Gasteiger partial charge in [0.25, 0.3) is 0 Å². The molecule has 0 fully saturated rings. The van der Waals surface area contributed by atoms with E-state index in [-0.39, 0.29) is 12.1 Å². The number of halogens is 2. The largest absolute Gasteiger partial charge is 0.481 e. The highest BCUT2D eigenvalue weighted by Gasteiger charge is 2.30. The van der Waals surface area contributed by atoms with Crippen LogP contribution in [0.5, 0.6) is 0 Å². The van der Waals surface area contributed by atoms with Gasteiger partial charge in [-0.1, -0.05) is 0 Å². The van der Waals surface area contributed by atoms with E-state index < -0.39 is 28.9 Å². The number of rotatable bonds is 4. The van der Waals surface area contributed by atoms with E-state index in [2.05, 4.69) is 5.32 Å². The van der Waals surface area contributed by atoms with E-state index in [4.69, 9.17) is 5.11 Å². The standard InChI is InChI=1S/C12H13F2NO3/c1-12(2,11(17)18)6-10(16)15-9-4-3-7(13)5-8(9)14/h3-5H,6H2,1-2H3,(H,15,16)(H,17,18). The van der Waals surface area contributed by atoms with Crippen molar-refractivity contribution in [1.29, 1.82) is 0 Å². The number of hydrogen-bond donors (Lipinski definition) is 2. The molecule has 98 valence electrons. The van der Waals surface area contributed by atoms with Gasteiger partial charge in [-0.25, -0.2) is 8.78 Å². The number of carboxylic acid groups (broad SMARTS) is 1. The van der Waals surface area contributed by atoms with Crippen LogP contribution in [0.15, 0.2) is 18.2 Å². The first-order valence-electron chi connectivity index (χ1n) is 5.20. The number of carboxylic acids is 1. The average molecular weight is 257 g/mol. The quantitative estimate of drug-likeness (QED) is 0.870. The van der Waals surface area contributed by atoms with Crippen molar-refractivity contribution in [2.45, 2.75) is 20.3 Å². The van der Waals surface area contributed by atoms with E-state index >= 15 is 0 Å². The molecule has 1 aromatic rings. The highest BCUT2D eigenvalue weighted by Crippen LogP contribution is 2.22. The van der Waals surface area contributed by atoms with Gasteiger partial charge in [0.15, 0.2) is 0 Å². The van der Waals surface area contributed by atoms with Crippen molar-refractivity contribution < 1.29 is 23.5 Å². The number of amides is 1. The third kappa shape index (κ3) is 3.51. The van der Waals surface area contributed by atoms with Crippen LogP contribution in [-0.2, 0) is 9.59 Å². The molecule has 18 heavy (non-hydrogen) atoms. The minimum absolute atomic E-state index is 0.178. The first kappa shape index (κ1) is 14.1. The van der Waals surface area contributed by atoms with Crippen LogP contribution in [0.3, 0.4) is 0 Å². The molecule has 0 saturated heterocycles. The molecule has 4 nitrogen and oxygen atoms in total. The maximum Gasteiger partial charge on any atom is 0.309 e. The Kier molecular flexibility index (Phi) is 4.00. The molecule has 2 N–H and O–H groups in total. The Bertz CT molecular complexity index is 486. The number of aliphatic carboxylic acids is 1. The molecule has 0 aromatic heterocycles. The van der Waals surface area contributed by atoms with Crippen molar-refractivity contribution in [3.8, 4) is 0 Å². The van der Waals surface area contributed by atoms with Gasteiger partial charge in [-0.15, -0.1) is 0 Å². The summed E-state index contributed by atoms with van der Waals surface area (Å²) in [6, 6.07) is 2.72. The molecular weight excluding hydrogens is 244 g/mol. The summed E-state index contributed by atoms with van der Waals surface area (Å²) in [7, 11) is 0. The predicted molar refractivity (Wildman–Crippen MR) is 61.0 cm³/mol. The lowest BCUT2D eigenvalue weighted by Crippen LogP contribution is -2.29. The van der Waals surface area contributed by atoms with Crippen LogP contribution in [0.2, 0.25) is 0 Å². The average Bonchev–Trinajstić information content (AvgIpc) is 2.21. The van der Waals surface area contributed by atoms with Gasteiger partial charge in [0.2, 0.25) is 5.91 Å². The van der Waals surface area contributed by atoms with Gasteiger partial charge in [-0.05, 0) is 26.0 Å². The highest BCUT2D eigenvalue weighted by atomic mass is 19.1. The van der Waals surface area contributed by atoms with Crippen LogP contribution < -0.4 is 5.32 Å². The molecule has 1 amide bonds. The van der Waals surface area contributed by atoms with Gasteiger partial charge in [-0.3, -0.25) is 9.59 Å². The molecule has 0 atom stereocenters. The zero-order valence-corrected chi connectivity index (χ0v) is 9.96. The van der Waals surface area contributed by atoms with Crippen molar-refractivity contribution in [3.05, 3.63) is 29.8 Å². The normalized spacial score (nSPS) is 11.1. The molecule has 0 aliphatic heterocycles. The topological polar surface area (TPSA) is 66.4 Å². The number of benzene rings is 1. The summed E-state index contributed by atoms with van der Waals surface area (Å²) in [5.41, 5.74) is -1.43. The molecule has 6 heteroatoms. The van der Waals surface area contributed by atoms with Crippen molar-refractivity contribution in [1.82, 2.24) is 0 Å². The molecule has 0 unspecified atom stereocenters. The van der Waals surface area contributed by atoms with E-state index in [1.807, 2.05) is 0 Å². The maximum atomic E-state index is 13.2. The van der Waals surface area contributed by atoms with Crippen molar-refractivity contribution in [2.75, 3.05) is 5.32 Å². The molecule has 0 heterocycles. The fourth-order valence-electron chi connectivity index (χ4n) is 1.26. The monoisotopic (exact) mass is 257 g/mol. The first-order chi connectivity index (χ1) is 8.22. The van der Waals surface area contributed by atoms with Gasteiger partial charge >= 0.3 is 5.97 Å². The Labute approximate surface area is 103 Å². The number of carbonyl (C=O) groups is 2. The molecule has 0 aliphatic rings. The van der Waals surface area contributed by atoms with Crippen molar-refractivity contribution in [2.24, 2.45) is 5.41 Å². The summed E-state index contributed by atoms with van der Waals surface area (Å²) in [6.45, 7) is 2.77. The summed E-state index contributed by atoms with van der Waals surface area (Å²) in [4.78, 5) is 22.4. The molecule has 1 rings (SSSR count). The predicted octanol–water partition coefficient (Wildman–Crippen LogP) is 2.40. The van der Waals surface area contributed by atoms with Crippen LogP contribution in [0.1, 0.15) is 20.3 Å². The Hall–Kier alpha value is -1.98. The van der Waals surface area contributed by atoms with E-state index in [1.54, 1.807) is 0 Å². The van der Waals surface area contributed by atoms with Crippen LogP contribution >= 0.6 is 0 Å². The fraction of sp³-hybridized carbons (Fsp3) is 0.333. The van der Waals surface area contributed by atoms with Crippen LogP contribution in [0.25, 0.3) is 0 Å². The third-order valence-electron chi connectivity index (χ3n) is 2.39. The van der Waals surface area contributed by atoms with Crippen molar-refractivity contribution in [3.63, 3.8) is 0 Å². The fourth-order valence-corrected chi connectivity index (χ4v) is 1.26. The van der Waals surface area contributed by atoms with Gasteiger partial charge in [-0.2, -0.15) is 0 Å². The maximum absolute atomic E-state index is 13.2. The summed E-state index contributed by atoms with van der Waals surface area (Å²) < 4.78 is 25.9. The molecule has 1 aromatic carbocycles. The lowest BCUT2D eigenvalue weighted by Gasteiger charge is -2.18. The van der Waals surface area contributed by atoms with Crippen LogP contribution in [0, 0.1) is 17.0 Å². The third-order valence-corrected chi connectivity index (χ3v) is 2.39. The van der Waals surface area contributed by atoms with Crippen LogP contribution in [-0.4, -0.2) is 17.0 Å². The molecule has 0 saturated carbocycles. The minimum atomic E-state index is -1.25. The van der Waals surface area contributed by atoms with Gasteiger partial charge < -0.3 is 10.4 Å². The van der Waals surface area contributed by atoms with E-state index in [0.29, 0.717) is 6.07 Å². The summed E-state index contributed by atoms with van der Waals surface area (Å²) in [5.74, 6) is -3.43. The van der Waals surface area contributed by atoms with Crippen LogP contribution in [0.4, 0.5) is 14.5 Å². The molecular formula is C12H13F2NO3. The number of hydrogen-bond acceptors (Lipinski definition) is 2. The Morgan fingerprint density at radius 3 is 2.44 bits per heavy atom. The Morgan fingerprint density at radius 1 is 1.33 bits per heavy atom. The molecule has 0 bridgehead atoms. The minimum Gasteiger partial charge on any atom is -0.481 e. The smallest absolute Gasteiger partial charge is 0.309 e. The Balaban J connectivity index is 2.74. The molecule has 0 aliphatic carbocycles. The van der Waals surface area contributed by atoms with Crippen molar-refractivity contribution >= 4 is 17.6 Å². The number of carbonyl (C=O) groups excluding carboxylic acids is 1. The second-order valence-corrected chi connectivity index (χ2v) is 4.54. The first-order valence-corrected chi connectivity index (χ1v) is 5.20. The summed E-state index contributed by atoms with van der Waals surface area (Å²) in [6.07, 6.45) is -0.306. The van der Waals surface area contributed by atoms with Gasteiger partial charge in [0.1, 0.15) is 11.6 Å². The number of anilines is 1. The number of nitrogens with one attached hydrogen (secondary N) is 1. The molecule has 0 spiro atoms. The highest BCUT2D eigenvalue weighted by molar-refractivity contribution is 5.94. The summed E-state index contributed by atoms with van der Waals surface area (Å²) >= 11 is 0. The van der Waals surface area contributed by atoms with E-state index in [0.717, 1.165) is 12.1 Å². The van der Waals surface area contributed by atoms with E-state index in [9.17, 15) is 18.4 Å². The van der Waals surface area contributed by atoms with E-state index in [1.165, 1.54) is 13.8 Å². The summed E-state index contributed by atoms with van der Waals surface area (Å²) in [5, 5.41) is 11.0. The second kappa shape index (κ2) is 5.12. The Morgan fingerprint density at radius 2 is 1.94 bits per heavy atom. The van der Waals surface area contributed by atoms with Gasteiger partial charge in [0.05, 0.1) is 11.1 Å². The lowest BCUT2D eigenvalue weighted by molar-refractivity contribution is -0.148. The zero-order chi connectivity index (χ0) is 13.9. The SMILES string of the molecule is CC(C)(CC(=O)Nc1ccc(F)cc1F)C(=O)O.